The molecule has 3 aliphatic rings. The van der Waals surface area contributed by atoms with Crippen molar-refractivity contribution in [3.8, 4) is 0 Å². The Morgan fingerprint density at radius 3 is 2.32 bits per heavy atom. The van der Waals surface area contributed by atoms with Gasteiger partial charge in [0.1, 0.15) is 12.1 Å². The predicted molar refractivity (Wildman–Crippen MR) is 140 cm³/mol. The fourth-order valence-corrected chi connectivity index (χ4v) is 6.18. The van der Waals surface area contributed by atoms with Gasteiger partial charge >= 0.3 is 12.1 Å². The van der Waals surface area contributed by atoms with E-state index < -0.39 is 24.1 Å². The number of rotatable bonds is 6. The molecular formula is C30H36N2O5. The van der Waals surface area contributed by atoms with Crippen LogP contribution in [0.25, 0.3) is 0 Å². The number of hydrogen-bond donors (Lipinski definition) is 0. The first-order chi connectivity index (χ1) is 18.1. The minimum atomic E-state index is -0.766. The summed E-state index contributed by atoms with van der Waals surface area (Å²) in [5.74, 6) is -0.259. The lowest BCUT2D eigenvalue weighted by Crippen LogP contribution is -2.53. The third kappa shape index (κ3) is 5.22. The normalized spacial score (nSPS) is 23.5. The van der Waals surface area contributed by atoms with E-state index in [1.165, 1.54) is 24.2 Å². The second kappa shape index (κ2) is 11.4. The average molecular weight is 505 g/mol. The number of anilines is 1. The maximum atomic E-state index is 14.3. The van der Waals surface area contributed by atoms with Crippen LogP contribution in [-0.2, 0) is 25.5 Å². The molecule has 2 amide bonds. The number of likely N-dealkylation sites (tertiary alicyclic amines) is 1. The Morgan fingerprint density at radius 2 is 1.57 bits per heavy atom. The highest BCUT2D eigenvalue weighted by Crippen LogP contribution is 2.41. The van der Waals surface area contributed by atoms with Crippen molar-refractivity contribution in [2.75, 3.05) is 18.1 Å². The van der Waals surface area contributed by atoms with Gasteiger partial charge in [0, 0.05) is 6.42 Å². The molecule has 0 aromatic heterocycles. The van der Waals surface area contributed by atoms with E-state index in [1.807, 2.05) is 54.6 Å². The molecule has 2 aliphatic heterocycles. The minimum absolute atomic E-state index is 0.241. The van der Waals surface area contributed by atoms with Gasteiger partial charge in [0.2, 0.25) is 5.91 Å². The molecule has 2 aromatic carbocycles. The molecule has 3 atom stereocenters. The van der Waals surface area contributed by atoms with Gasteiger partial charge in [0.25, 0.3) is 0 Å². The number of hydrogen-bond acceptors (Lipinski definition) is 5. The Bertz CT molecular complexity index is 1110. The second-order valence-electron chi connectivity index (χ2n) is 10.3. The molecular weight excluding hydrogens is 468 g/mol. The van der Waals surface area contributed by atoms with Gasteiger partial charge in [0.05, 0.1) is 24.9 Å². The molecule has 0 bridgehead atoms. The lowest BCUT2D eigenvalue weighted by Gasteiger charge is -2.34. The molecule has 7 nitrogen and oxygen atoms in total. The Balaban J connectivity index is 1.43. The second-order valence-corrected chi connectivity index (χ2v) is 10.3. The van der Waals surface area contributed by atoms with E-state index in [0.29, 0.717) is 37.5 Å². The van der Waals surface area contributed by atoms with Crippen molar-refractivity contribution in [1.29, 1.82) is 0 Å². The maximum absolute atomic E-state index is 14.3. The summed E-state index contributed by atoms with van der Waals surface area (Å²) in [6.45, 7) is 2.40. The fourth-order valence-electron chi connectivity index (χ4n) is 6.18. The number of amides is 2. The number of benzene rings is 2. The molecule has 1 saturated heterocycles. The number of ether oxygens (including phenoxy) is 2. The van der Waals surface area contributed by atoms with E-state index in [9.17, 15) is 14.4 Å². The van der Waals surface area contributed by atoms with Crippen molar-refractivity contribution in [3.05, 3.63) is 65.7 Å². The molecule has 0 spiro atoms. The molecule has 5 rings (SSSR count). The van der Waals surface area contributed by atoms with E-state index in [2.05, 4.69) is 0 Å². The van der Waals surface area contributed by atoms with Gasteiger partial charge < -0.3 is 14.4 Å². The summed E-state index contributed by atoms with van der Waals surface area (Å²) in [7, 11) is 0. The van der Waals surface area contributed by atoms with Crippen molar-refractivity contribution in [1.82, 2.24) is 4.90 Å². The lowest BCUT2D eigenvalue weighted by atomic mass is 9.90. The highest BCUT2D eigenvalue weighted by molar-refractivity contribution is 6.01. The number of nitrogens with zero attached hydrogens (tertiary/aromatic N) is 2. The van der Waals surface area contributed by atoms with Gasteiger partial charge in [-0.05, 0) is 55.7 Å². The van der Waals surface area contributed by atoms with Crippen LogP contribution in [0.4, 0.5) is 10.5 Å². The first kappa shape index (κ1) is 25.3. The molecule has 2 fully saturated rings. The molecule has 0 radical (unpaired) electrons. The zero-order valence-electron chi connectivity index (χ0n) is 21.5. The van der Waals surface area contributed by atoms with Gasteiger partial charge in [-0.3, -0.25) is 9.69 Å². The standard InChI is InChI=1S/C30H36N2O5/c1-2-36-29(34)26-18-17-25(22-13-7-4-8-14-22)31(26)28(33)27-19-23-15-9-10-16-24(23)32(27)30(35)37-20-21-11-5-3-6-12-21/h4,7-10,13-16,21,25-27H,2-3,5-6,11-12,17-20H2,1H3/t25-,26+,27+/m0/s1. The van der Waals surface area contributed by atoms with Gasteiger partial charge in [-0.15, -0.1) is 0 Å². The minimum Gasteiger partial charge on any atom is -0.464 e. The van der Waals surface area contributed by atoms with Crippen LogP contribution in [-0.4, -0.2) is 48.2 Å². The molecule has 37 heavy (non-hydrogen) atoms. The Morgan fingerprint density at radius 1 is 0.838 bits per heavy atom. The van der Waals surface area contributed by atoms with Crippen LogP contribution in [0.3, 0.4) is 0 Å². The van der Waals surface area contributed by atoms with Gasteiger partial charge in [0.15, 0.2) is 0 Å². The predicted octanol–water partition coefficient (Wildman–Crippen LogP) is 5.43. The topological polar surface area (TPSA) is 76.2 Å². The Kier molecular flexibility index (Phi) is 7.77. The summed E-state index contributed by atoms with van der Waals surface area (Å²) < 4.78 is 11.2. The molecule has 1 aliphatic carbocycles. The summed E-state index contributed by atoms with van der Waals surface area (Å²) in [5.41, 5.74) is 2.61. The monoisotopic (exact) mass is 504 g/mol. The number of para-hydroxylation sites is 1. The molecule has 196 valence electrons. The van der Waals surface area contributed by atoms with Crippen LogP contribution in [0.1, 0.15) is 69.0 Å². The molecule has 1 saturated carbocycles. The van der Waals surface area contributed by atoms with Crippen LogP contribution < -0.4 is 4.90 Å². The highest BCUT2D eigenvalue weighted by atomic mass is 16.6. The van der Waals surface area contributed by atoms with Gasteiger partial charge in [-0.2, -0.15) is 0 Å². The van der Waals surface area contributed by atoms with Crippen molar-refractivity contribution in [3.63, 3.8) is 0 Å². The third-order valence-electron chi connectivity index (χ3n) is 8.01. The molecule has 0 unspecified atom stereocenters. The number of fused-ring (bicyclic) bond motifs is 1. The van der Waals surface area contributed by atoms with Crippen LogP contribution in [0.2, 0.25) is 0 Å². The van der Waals surface area contributed by atoms with Gasteiger partial charge in [-0.25, -0.2) is 9.59 Å². The van der Waals surface area contributed by atoms with E-state index >= 15 is 0 Å². The van der Waals surface area contributed by atoms with Crippen LogP contribution in [0.5, 0.6) is 0 Å². The van der Waals surface area contributed by atoms with Crippen molar-refractivity contribution in [2.24, 2.45) is 5.92 Å². The van der Waals surface area contributed by atoms with E-state index in [1.54, 1.807) is 11.8 Å². The van der Waals surface area contributed by atoms with Gasteiger partial charge in [-0.1, -0.05) is 67.8 Å². The zero-order chi connectivity index (χ0) is 25.8. The first-order valence-corrected chi connectivity index (χ1v) is 13.7. The van der Waals surface area contributed by atoms with Crippen LogP contribution in [0.15, 0.2) is 54.6 Å². The summed E-state index contributed by atoms with van der Waals surface area (Å²) in [5, 5.41) is 0. The molecule has 7 heteroatoms. The lowest BCUT2D eigenvalue weighted by molar-refractivity contribution is -0.154. The van der Waals surface area contributed by atoms with E-state index in [0.717, 1.165) is 24.0 Å². The summed E-state index contributed by atoms with van der Waals surface area (Å²) >= 11 is 0. The first-order valence-electron chi connectivity index (χ1n) is 13.7. The summed E-state index contributed by atoms with van der Waals surface area (Å²) in [4.78, 5) is 43.9. The van der Waals surface area contributed by atoms with Crippen molar-refractivity contribution in [2.45, 2.75) is 76.4 Å². The quantitative estimate of drug-likeness (QED) is 0.491. The largest absolute Gasteiger partial charge is 0.464 e. The van der Waals surface area contributed by atoms with Crippen LogP contribution in [0, 0.1) is 5.92 Å². The zero-order valence-corrected chi connectivity index (χ0v) is 21.5. The van der Waals surface area contributed by atoms with E-state index in [-0.39, 0.29) is 18.6 Å². The van der Waals surface area contributed by atoms with Crippen LogP contribution >= 0.6 is 0 Å². The number of esters is 1. The third-order valence-corrected chi connectivity index (χ3v) is 8.01. The molecule has 2 heterocycles. The highest BCUT2D eigenvalue weighted by Gasteiger charge is 2.48. The fraction of sp³-hybridized carbons (Fsp3) is 0.500. The number of carbonyl (C=O) groups is 3. The van der Waals surface area contributed by atoms with Crippen molar-refractivity contribution >= 4 is 23.7 Å². The van der Waals surface area contributed by atoms with Crippen molar-refractivity contribution < 1.29 is 23.9 Å². The number of carbonyl (C=O) groups excluding carboxylic acids is 3. The summed E-state index contributed by atoms with van der Waals surface area (Å²) in [6, 6.07) is 15.7. The smallest absolute Gasteiger partial charge is 0.415 e. The maximum Gasteiger partial charge on any atom is 0.415 e. The molecule has 0 N–H and O–H groups in total. The molecule has 2 aromatic rings. The van der Waals surface area contributed by atoms with E-state index in [4.69, 9.17) is 9.47 Å². The summed E-state index contributed by atoms with van der Waals surface area (Å²) in [6.07, 6.45) is 6.79. The average Bonchev–Trinajstić information content (AvgIpc) is 3.55. The Hall–Kier alpha value is -3.35. The Labute approximate surface area is 218 Å². The SMILES string of the molecule is CCOC(=O)[C@H]1CC[C@@H](c2ccccc2)N1C(=O)[C@H]1Cc2ccccc2N1C(=O)OCC1CCCCC1.